The molecular formula is C30H25ClF2N6O6. The summed E-state index contributed by atoms with van der Waals surface area (Å²) in [7, 11) is 0. The second-order valence-electron chi connectivity index (χ2n) is 11.0. The highest BCUT2D eigenvalue weighted by Crippen LogP contribution is 2.39. The van der Waals surface area contributed by atoms with Crippen LogP contribution in [0.1, 0.15) is 6.42 Å². The van der Waals surface area contributed by atoms with E-state index in [1.54, 1.807) is 29.2 Å². The molecule has 3 aliphatic heterocycles. The minimum Gasteiger partial charge on any atom is -0.465 e. The minimum atomic E-state index is -1.15. The first-order chi connectivity index (χ1) is 21.7. The zero-order chi connectivity index (χ0) is 31.4. The van der Waals surface area contributed by atoms with E-state index < -0.39 is 48.2 Å². The molecule has 7 rings (SSSR count). The van der Waals surface area contributed by atoms with Crippen LogP contribution in [0.4, 0.5) is 19.4 Å². The van der Waals surface area contributed by atoms with Gasteiger partial charge in [0.2, 0.25) is 0 Å². The zero-order valence-corrected chi connectivity index (χ0v) is 24.2. The molecule has 0 spiro atoms. The van der Waals surface area contributed by atoms with Crippen LogP contribution in [-0.2, 0) is 9.47 Å². The highest BCUT2D eigenvalue weighted by atomic mass is 35.5. The summed E-state index contributed by atoms with van der Waals surface area (Å²) >= 11 is 6.34. The van der Waals surface area contributed by atoms with Crippen LogP contribution in [0.5, 0.6) is 6.01 Å². The van der Waals surface area contributed by atoms with Gasteiger partial charge in [-0.25, -0.2) is 13.6 Å². The van der Waals surface area contributed by atoms with Gasteiger partial charge in [0.25, 0.3) is 0 Å². The molecule has 2 N–H and O–H groups in total. The van der Waals surface area contributed by atoms with Crippen molar-refractivity contribution in [2.45, 2.75) is 36.9 Å². The van der Waals surface area contributed by atoms with Crippen LogP contribution in [0.15, 0.2) is 36.5 Å². The Morgan fingerprint density at radius 3 is 2.78 bits per heavy atom. The highest BCUT2D eigenvalue weighted by molar-refractivity contribution is 6.36. The molecule has 0 aliphatic carbocycles. The maximum Gasteiger partial charge on any atom is 0.407 e. The number of pyridine rings is 1. The molecule has 0 radical (unpaired) electrons. The number of aliphatic hydroxyl groups is 1. The summed E-state index contributed by atoms with van der Waals surface area (Å²) in [6, 6.07) is 8.92. The van der Waals surface area contributed by atoms with Gasteiger partial charge in [0.05, 0.1) is 42.2 Å². The smallest absolute Gasteiger partial charge is 0.407 e. The van der Waals surface area contributed by atoms with Crippen molar-refractivity contribution < 1.29 is 38.0 Å². The number of halogens is 3. The number of benzene rings is 2. The predicted molar refractivity (Wildman–Crippen MR) is 156 cm³/mol. The lowest BCUT2D eigenvalue weighted by Gasteiger charge is -2.39. The van der Waals surface area contributed by atoms with Crippen molar-refractivity contribution in [2.24, 2.45) is 0 Å². The molecule has 4 aromatic rings. The summed E-state index contributed by atoms with van der Waals surface area (Å²) in [5.41, 5.74) is -0.0193. The van der Waals surface area contributed by atoms with Crippen molar-refractivity contribution in [1.82, 2.24) is 19.9 Å². The SMILES string of the molecule is N#CC[C@H]1CN(c2nc(O[C@@H]3CO[C@H]4[C@@H]3OC[C@H]4O)nc3c(F)c(-c4cccc5ccc(F)c(Cl)c45)ncc23)CCN1C(=O)O. The molecule has 0 bridgehead atoms. The largest absolute Gasteiger partial charge is 0.465 e. The molecule has 2 aromatic heterocycles. The summed E-state index contributed by atoms with van der Waals surface area (Å²) in [6.07, 6.45) is -2.51. The average Bonchev–Trinajstić information content (AvgIpc) is 3.61. The summed E-state index contributed by atoms with van der Waals surface area (Å²) in [4.78, 5) is 28.2. The molecule has 3 fully saturated rings. The average molecular weight is 639 g/mol. The summed E-state index contributed by atoms with van der Waals surface area (Å²) in [5.74, 6) is -1.27. The van der Waals surface area contributed by atoms with E-state index in [1.807, 2.05) is 6.07 Å². The number of hydrogen-bond acceptors (Lipinski definition) is 10. The number of hydrogen-bond donors (Lipinski definition) is 2. The number of nitrogens with zero attached hydrogens (tertiary/aromatic N) is 6. The van der Waals surface area contributed by atoms with Crippen molar-refractivity contribution in [3.63, 3.8) is 0 Å². The summed E-state index contributed by atoms with van der Waals surface area (Å²) < 4.78 is 48.5. The molecule has 15 heteroatoms. The molecule has 5 atom stereocenters. The molecule has 1 amide bonds. The third kappa shape index (κ3) is 5.01. The number of carboxylic acid groups (broad SMARTS) is 1. The van der Waals surface area contributed by atoms with Crippen molar-refractivity contribution in [2.75, 3.05) is 37.7 Å². The fraction of sp³-hybridized carbons (Fsp3) is 0.367. The van der Waals surface area contributed by atoms with E-state index in [4.69, 9.17) is 25.8 Å². The van der Waals surface area contributed by atoms with Gasteiger partial charge in [-0.1, -0.05) is 35.9 Å². The Morgan fingerprint density at radius 1 is 1.16 bits per heavy atom. The molecule has 45 heavy (non-hydrogen) atoms. The Bertz CT molecular complexity index is 1880. The van der Waals surface area contributed by atoms with Gasteiger partial charge in [-0.2, -0.15) is 15.2 Å². The second-order valence-corrected chi connectivity index (χ2v) is 11.4. The number of nitriles is 1. The molecule has 232 valence electrons. The van der Waals surface area contributed by atoms with Crippen LogP contribution in [0.3, 0.4) is 0 Å². The van der Waals surface area contributed by atoms with E-state index in [0.29, 0.717) is 5.39 Å². The van der Waals surface area contributed by atoms with Crippen LogP contribution in [-0.4, -0.2) is 99.5 Å². The van der Waals surface area contributed by atoms with Crippen molar-refractivity contribution in [3.05, 3.63) is 53.2 Å². The number of aromatic nitrogens is 3. The normalized spacial score (nSPS) is 24.6. The number of anilines is 1. The molecule has 5 heterocycles. The number of piperazine rings is 1. The lowest BCUT2D eigenvalue weighted by molar-refractivity contribution is 0.00689. The fourth-order valence-electron chi connectivity index (χ4n) is 6.27. The maximum atomic E-state index is 16.6. The topological polar surface area (TPSA) is 154 Å². The fourth-order valence-corrected chi connectivity index (χ4v) is 6.54. The first-order valence-electron chi connectivity index (χ1n) is 14.2. The molecule has 0 unspecified atom stereocenters. The van der Waals surface area contributed by atoms with Crippen LogP contribution in [0.2, 0.25) is 5.02 Å². The highest BCUT2D eigenvalue weighted by Gasteiger charge is 2.49. The molecule has 2 aromatic carbocycles. The molecule has 0 saturated carbocycles. The van der Waals surface area contributed by atoms with E-state index in [-0.39, 0.29) is 83.7 Å². The standard InChI is InChI=1S/C30H25ClF2N6O6/c31-22-18(32)5-4-14-2-1-3-16(21(14)22)24-23(33)25-17(10-35-24)28(38-8-9-39(30(41)42)15(11-38)6-7-34)37-29(36-25)45-20-13-44-26-19(40)12-43-27(20)26/h1-5,10,15,19-20,26-27,40H,6,8-9,11-13H2,(H,41,42)/t15-,19+,20+,26+,27+/m0/s1. The van der Waals surface area contributed by atoms with E-state index in [0.717, 1.165) is 0 Å². The number of aliphatic hydroxyl groups excluding tert-OH is 1. The van der Waals surface area contributed by atoms with Crippen molar-refractivity contribution >= 4 is 45.2 Å². The predicted octanol–water partition coefficient (Wildman–Crippen LogP) is 3.76. The van der Waals surface area contributed by atoms with Gasteiger partial charge < -0.3 is 34.2 Å². The van der Waals surface area contributed by atoms with E-state index in [1.165, 1.54) is 17.2 Å². The van der Waals surface area contributed by atoms with Gasteiger partial charge in [0.1, 0.15) is 41.2 Å². The van der Waals surface area contributed by atoms with Gasteiger partial charge in [-0.15, -0.1) is 0 Å². The Morgan fingerprint density at radius 2 is 1.98 bits per heavy atom. The lowest BCUT2D eigenvalue weighted by Crippen LogP contribution is -2.55. The third-order valence-electron chi connectivity index (χ3n) is 8.43. The van der Waals surface area contributed by atoms with Gasteiger partial charge in [-0.3, -0.25) is 4.98 Å². The van der Waals surface area contributed by atoms with E-state index in [9.17, 15) is 24.7 Å². The maximum absolute atomic E-state index is 16.6. The Balaban J connectivity index is 1.36. The zero-order valence-electron chi connectivity index (χ0n) is 23.4. The first-order valence-corrected chi connectivity index (χ1v) is 14.6. The number of carbonyl (C=O) groups is 1. The monoisotopic (exact) mass is 638 g/mol. The molecule has 3 saturated heterocycles. The lowest BCUT2D eigenvalue weighted by atomic mass is 10.0. The Hall–Kier alpha value is -4.42. The summed E-state index contributed by atoms with van der Waals surface area (Å²) in [6.45, 7) is 0.511. The van der Waals surface area contributed by atoms with Crippen LogP contribution >= 0.6 is 11.6 Å². The number of fused-ring (bicyclic) bond motifs is 3. The molecule has 3 aliphatic rings. The van der Waals surface area contributed by atoms with Crippen LogP contribution < -0.4 is 9.64 Å². The number of rotatable bonds is 5. The molecular weight excluding hydrogens is 614 g/mol. The van der Waals surface area contributed by atoms with E-state index in [2.05, 4.69) is 15.0 Å². The third-order valence-corrected chi connectivity index (χ3v) is 8.80. The number of amides is 1. The van der Waals surface area contributed by atoms with Gasteiger partial charge in [0, 0.05) is 36.8 Å². The summed E-state index contributed by atoms with van der Waals surface area (Å²) in [5, 5.41) is 30.1. The van der Waals surface area contributed by atoms with Gasteiger partial charge >= 0.3 is 12.1 Å². The van der Waals surface area contributed by atoms with Gasteiger partial charge in [0.15, 0.2) is 11.9 Å². The number of ether oxygens (including phenoxy) is 3. The van der Waals surface area contributed by atoms with Gasteiger partial charge in [-0.05, 0) is 11.5 Å². The minimum absolute atomic E-state index is 0.0630. The quantitative estimate of drug-likeness (QED) is 0.328. The Labute approximate surface area is 259 Å². The first kappa shape index (κ1) is 29.3. The Kier molecular flexibility index (Phi) is 7.49. The van der Waals surface area contributed by atoms with Crippen molar-refractivity contribution in [1.29, 1.82) is 5.26 Å². The second kappa shape index (κ2) is 11.5. The molecule has 12 nitrogen and oxygen atoms in total. The van der Waals surface area contributed by atoms with Crippen LogP contribution in [0, 0.1) is 23.0 Å². The van der Waals surface area contributed by atoms with Crippen LogP contribution in [0.25, 0.3) is 32.9 Å². The van der Waals surface area contributed by atoms with E-state index >= 15 is 4.39 Å². The van der Waals surface area contributed by atoms with Crippen molar-refractivity contribution in [3.8, 4) is 23.3 Å².